The maximum atomic E-state index is 5.46. The van der Waals surface area contributed by atoms with E-state index in [1.165, 1.54) is 4.88 Å². The van der Waals surface area contributed by atoms with E-state index in [4.69, 9.17) is 14.2 Å². The van der Waals surface area contributed by atoms with Crippen LogP contribution in [0.25, 0.3) is 10.2 Å². The highest BCUT2D eigenvalue weighted by Gasteiger charge is 2.13. The second-order valence-electron chi connectivity index (χ2n) is 5.17. The topological polar surface area (TPSA) is 65.5 Å². The van der Waals surface area contributed by atoms with Crippen molar-refractivity contribution in [1.29, 1.82) is 0 Å². The lowest BCUT2D eigenvalue weighted by molar-refractivity contribution is 0.347. The molecule has 24 heavy (non-hydrogen) atoms. The van der Waals surface area contributed by atoms with Crippen LogP contribution in [0.5, 0.6) is 17.2 Å². The molecule has 3 aromatic rings. The standard InChI is InChI=1S/C17H19N3O3S/c1-10-5-12-16(19-9-20-17(12)24-10)18-8-11-6-14(22-3)15(23-4)7-13(11)21-2/h5-7,9H,8H2,1-4H3,(H,18,19,20). The minimum absolute atomic E-state index is 0.546. The van der Waals surface area contributed by atoms with Gasteiger partial charge in [0.25, 0.3) is 0 Å². The van der Waals surface area contributed by atoms with Gasteiger partial charge in [-0.1, -0.05) is 0 Å². The number of hydrogen-bond acceptors (Lipinski definition) is 7. The smallest absolute Gasteiger partial charge is 0.164 e. The van der Waals surface area contributed by atoms with Crippen LogP contribution in [-0.4, -0.2) is 31.3 Å². The van der Waals surface area contributed by atoms with Crippen molar-refractivity contribution >= 4 is 27.4 Å². The summed E-state index contributed by atoms with van der Waals surface area (Å²) in [4.78, 5) is 10.8. The second kappa shape index (κ2) is 6.92. The molecular formula is C17H19N3O3S. The van der Waals surface area contributed by atoms with Crippen molar-refractivity contribution in [2.24, 2.45) is 0 Å². The molecule has 0 unspecified atom stereocenters. The molecular weight excluding hydrogens is 326 g/mol. The molecule has 0 aliphatic rings. The lowest BCUT2D eigenvalue weighted by atomic mass is 10.1. The van der Waals surface area contributed by atoms with Crippen molar-refractivity contribution in [3.8, 4) is 17.2 Å². The third-order valence-corrected chi connectivity index (χ3v) is 4.64. The Hall–Kier alpha value is -2.54. The molecule has 0 bridgehead atoms. The molecule has 0 aliphatic carbocycles. The van der Waals surface area contributed by atoms with Gasteiger partial charge in [0.15, 0.2) is 11.5 Å². The van der Waals surface area contributed by atoms with E-state index in [9.17, 15) is 0 Å². The number of nitrogens with one attached hydrogen (secondary N) is 1. The fourth-order valence-corrected chi connectivity index (χ4v) is 3.37. The minimum Gasteiger partial charge on any atom is -0.496 e. The van der Waals surface area contributed by atoms with E-state index in [0.717, 1.165) is 27.3 Å². The van der Waals surface area contributed by atoms with Gasteiger partial charge in [0, 0.05) is 23.1 Å². The quantitative estimate of drug-likeness (QED) is 0.736. The Labute approximate surface area is 144 Å². The average Bonchev–Trinajstić information content (AvgIpc) is 2.99. The van der Waals surface area contributed by atoms with Gasteiger partial charge < -0.3 is 19.5 Å². The first-order valence-corrected chi connectivity index (χ1v) is 8.21. The fourth-order valence-electron chi connectivity index (χ4n) is 2.53. The van der Waals surface area contributed by atoms with Crippen LogP contribution >= 0.6 is 11.3 Å². The number of aryl methyl sites for hydroxylation is 1. The second-order valence-corrected chi connectivity index (χ2v) is 6.41. The molecule has 0 fully saturated rings. The predicted molar refractivity (Wildman–Crippen MR) is 95.6 cm³/mol. The number of thiophene rings is 1. The molecule has 126 valence electrons. The Morgan fingerprint density at radius 3 is 2.38 bits per heavy atom. The lowest BCUT2D eigenvalue weighted by Crippen LogP contribution is -2.05. The number of methoxy groups -OCH3 is 3. The molecule has 2 heterocycles. The number of hydrogen-bond donors (Lipinski definition) is 1. The molecule has 0 saturated heterocycles. The number of anilines is 1. The highest BCUT2D eigenvalue weighted by molar-refractivity contribution is 7.18. The SMILES string of the molecule is COc1cc(OC)c(OC)cc1CNc1ncnc2sc(C)cc12. The molecule has 2 aromatic heterocycles. The molecule has 0 radical (unpaired) electrons. The van der Waals surface area contributed by atoms with Crippen molar-refractivity contribution in [2.75, 3.05) is 26.6 Å². The Balaban J connectivity index is 1.90. The van der Waals surface area contributed by atoms with Crippen molar-refractivity contribution < 1.29 is 14.2 Å². The van der Waals surface area contributed by atoms with Crippen LogP contribution in [0.3, 0.4) is 0 Å². The van der Waals surface area contributed by atoms with E-state index in [-0.39, 0.29) is 0 Å². The van der Waals surface area contributed by atoms with Crippen LogP contribution in [0, 0.1) is 6.92 Å². The summed E-state index contributed by atoms with van der Waals surface area (Å²) in [7, 11) is 4.85. The van der Waals surface area contributed by atoms with Gasteiger partial charge >= 0.3 is 0 Å². The Kier molecular flexibility index (Phi) is 4.71. The van der Waals surface area contributed by atoms with Gasteiger partial charge in [0.2, 0.25) is 0 Å². The van der Waals surface area contributed by atoms with E-state index in [1.807, 2.05) is 12.1 Å². The Morgan fingerprint density at radius 1 is 0.958 bits per heavy atom. The number of fused-ring (bicyclic) bond motifs is 1. The van der Waals surface area contributed by atoms with E-state index in [0.29, 0.717) is 18.0 Å². The van der Waals surface area contributed by atoms with Crippen molar-refractivity contribution in [1.82, 2.24) is 9.97 Å². The van der Waals surface area contributed by atoms with Gasteiger partial charge in [-0.05, 0) is 19.1 Å². The number of ether oxygens (including phenoxy) is 3. The van der Waals surface area contributed by atoms with E-state index >= 15 is 0 Å². The normalized spacial score (nSPS) is 10.7. The minimum atomic E-state index is 0.546. The van der Waals surface area contributed by atoms with Gasteiger partial charge in [-0.15, -0.1) is 11.3 Å². The Morgan fingerprint density at radius 2 is 1.67 bits per heavy atom. The zero-order valence-electron chi connectivity index (χ0n) is 14.0. The predicted octanol–water partition coefficient (Wildman–Crippen LogP) is 3.64. The summed E-state index contributed by atoms with van der Waals surface area (Å²) in [6, 6.07) is 5.82. The number of aromatic nitrogens is 2. The first-order chi connectivity index (χ1) is 11.7. The Bertz CT molecular complexity index is 864. The van der Waals surface area contributed by atoms with Gasteiger partial charge in [0.05, 0.1) is 26.7 Å². The molecule has 0 saturated carbocycles. The third-order valence-electron chi connectivity index (χ3n) is 3.69. The lowest BCUT2D eigenvalue weighted by Gasteiger charge is -2.15. The largest absolute Gasteiger partial charge is 0.496 e. The maximum absolute atomic E-state index is 5.46. The van der Waals surface area contributed by atoms with Crippen LogP contribution < -0.4 is 19.5 Å². The summed E-state index contributed by atoms with van der Waals surface area (Å²) < 4.78 is 16.1. The van der Waals surface area contributed by atoms with Crippen LogP contribution in [-0.2, 0) is 6.54 Å². The number of nitrogens with zero attached hydrogens (tertiary/aromatic N) is 2. The van der Waals surface area contributed by atoms with Crippen molar-refractivity contribution in [3.63, 3.8) is 0 Å². The number of benzene rings is 1. The third kappa shape index (κ3) is 3.07. The first-order valence-electron chi connectivity index (χ1n) is 7.40. The zero-order valence-corrected chi connectivity index (χ0v) is 14.9. The van der Waals surface area contributed by atoms with Crippen LogP contribution in [0.1, 0.15) is 10.4 Å². The van der Waals surface area contributed by atoms with Gasteiger partial charge in [-0.3, -0.25) is 0 Å². The van der Waals surface area contributed by atoms with Crippen molar-refractivity contribution in [3.05, 3.63) is 35.0 Å². The summed E-state index contributed by atoms with van der Waals surface area (Å²) >= 11 is 1.65. The monoisotopic (exact) mass is 345 g/mol. The molecule has 0 atom stereocenters. The molecule has 0 spiro atoms. The first kappa shape index (κ1) is 16.3. The van der Waals surface area contributed by atoms with Gasteiger partial charge in [-0.25, -0.2) is 9.97 Å². The molecule has 1 aromatic carbocycles. The summed E-state index contributed by atoms with van der Waals surface area (Å²) in [5.41, 5.74) is 0.953. The van der Waals surface area contributed by atoms with Crippen LogP contribution in [0.4, 0.5) is 5.82 Å². The average molecular weight is 345 g/mol. The highest BCUT2D eigenvalue weighted by Crippen LogP contribution is 2.35. The molecule has 7 heteroatoms. The maximum Gasteiger partial charge on any atom is 0.164 e. The molecule has 0 amide bonds. The zero-order chi connectivity index (χ0) is 17.1. The fraction of sp³-hybridized carbons (Fsp3) is 0.294. The molecule has 3 rings (SSSR count). The summed E-state index contributed by atoms with van der Waals surface area (Å²) in [5, 5.41) is 4.39. The van der Waals surface area contributed by atoms with E-state index < -0.39 is 0 Å². The summed E-state index contributed by atoms with van der Waals surface area (Å²) in [6.07, 6.45) is 1.58. The van der Waals surface area contributed by atoms with Crippen LogP contribution in [0.15, 0.2) is 24.5 Å². The van der Waals surface area contributed by atoms with Gasteiger partial charge in [0.1, 0.15) is 22.7 Å². The highest BCUT2D eigenvalue weighted by atomic mass is 32.1. The molecule has 1 N–H and O–H groups in total. The molecule has 0 aliphatic heterocycles. The molecule has 6 nitrogen and oxygen atoms in total. The van der Waals surface area contributed by atoms with Crippen LogP contribution in [0.2, 0.25) is 0 Å². The van der Waals surface area contributed by atoms with E-state index in [2.05, 4.69) is 28.3 Å². The van der Waals surface area contributed by atoms with Crippen molar-refractivity contribution in [2.45, 2.75) is 13.5 Å². The number of rotatable bonds is 6. The summed E-state index contributed by atoms with van der Waals surface area (Å²) in [5.74, 6) is 2.83. The van der Waals surface area contributed by atoms with Gasteiger partial charge in [-0.2, -0.15) is 0 Å². The van der Waals surface area contributed by atoms with E-state index in [1.54, 1.807) is 39.0 Å². The summed E-state index contributed by atoms with van der Waals surface area (Å²) in [6.45, 7) is 2.61.